The molecule has 1 heterocycles. The van der Waals surface area contributed by atoms with Gasteiger partial charge in [-0.1, -0.05) is 23.5 Å². The summed E-state index contributed by atoms with van der Waals surface area (Å²) in [5.74, 6) is -0.0717. The number of hydrogen-bond acceptors (Lipinski definition) is 8. The average molecular weight is 473 g/mol. The number of aromatic nitrogens is 1. The number of benzene rings is 2. The van der Waals surface area contributed by atoms with E-state index in [4.69, 9.17) is 14.5 Å². The molecule has 33 heavy (non-hydrogen) atoms. The average Bonchev–Trinajstić information content (AvgIpc) is 3.24. The molecule has 0 aliphatic rings. The molecule has 1 aromatic heterocycles. The number of thiazole rings is 1. The van der Waals surface area contributed by atoms with Gasteiger partial charge in [-0.25, -0.2) is 4.98 Å². The SMILES string of the molecule is COc1cc(C(=O)N(CCCN(C)C)c2nc3c(C)ccc(C)c3s2)c([N+](=O)[O-])cc1OC. The Hall–Kier alpha value is -3.24. The largest absolute Gasteiger partial charge is 0.493 e. The van der Waals surface area contributed by atoms with Gasteiger partial charge in [-0.15, -0.1) is 0 Å². The van der Waals surface area contributed by atoms with E-state index >= 15 is 0 Å². The first-order valence-corrected chi connectivity index (χ1v) is 11.2. The summed E-state index contributed by atoms with van der Waals surface area (Å²) in [5, 5.41) is 12.3. The minimum absolute atomic E-state index is 0.0739. The summed E-state index contributed by atoms with van der Waals surface area (Å²) in [6, 6.07) is 6.61. The van der Waals surface area contributed by atoms with Crippen LogP contribution in [0.4, 0.5) is 10.8 Å². The van der Waals surface area contributed by atoms with Crippen LogP contribution in [-0.4, -0.2) is 62.1 Å². The smallest absolute Gasteiger partial charge is 0.286 e. The van der Waals surface area contributed by atoms with Gasteiger partial charge in [0.2, 0.25) is 0 Å². The number of aryl methyl sites for hydroxylation is 2. The third-order valence-corrected chi connectivity index (χ3v) is 6.54. The van der Waals surface area contributed by atoms with E-state index in [9.17, 15) is 14.9 Å². The van der Waals surface area contributed by atoms with E-state index < -0.39 is 10.8 Å². The van der Waals surface area contributed by atoms with Crippen LogP contribution in [0.25, 0.3) is 10.2 Å². The fourth-order valence-corrected chi connectivity index (χ4v) is 4.66. The molecule has 0 unspecified atom stereocenters. The van der Waals surface area contributed by atoms with Gasteiger partial charge in [-0.05, 0) is 52.0 Å². The van der Waals surface area contributed by atoms with Crippen molar-refractivity contribution in [3.63, 3.8) is 0 Å². The van der Waals surface area contributed by atoms with Gasteiger partial charge in [0.15, 0.2) is 16.6 Å². The number of fused-ring (bicyclic) bond motifs is 1. The van der Waals surface area contributed by atoms with Crippen LogP contribution in [-0.2, 0) is 0 Å². The monoisotopic (exact) mass is 472 g/mol. The summed E-state index contributed by atoms with van der Waals surface area (Å²) in [7, 11) is 6.72. The maximum Gasteiger partial charge on any atom is 0.286 e. The van der Waals surface area contributed by atoms with Gasteiger partial charge in [-0.3, -0.25) is 19.8 Å². The van der Waals surface area contributed by atoms with Crippen molar-refractivity contribution in [1.29, 1.82) is 0 Å². The number of ether oxygens (including phenoxy) is 2. The number of carbonyl (C=O) groups excluding carboxylic acids is 1. The fraction of sp³-hybridized carbons (Fsp3) is 0.391. The Labute approximate surface area is 196 Å². The van der Waals surface area contributed by atoms with Crippen molar-refractivity contribution in [2.45, 2.75) is 20.3 Å². The van der Waals surface area contributed by atoms with E-state index in [1.807, 2.05) is 45.0 Å². The molecule has 1 amide bonds. The highest BCUT2D eigenvalue weighted by Crippen LogP contribution is 2.38. The Bertz CT molecular complexity index is 1150. The van der Waals surface area contributed by atoms with E-state index in [-0.39, 0.29) is 22.7 Å². The molecule has 0 bridgehead atoms. The van der Waals surface area contributed by atoms with Crippen LogP contribution < -0.4 is 14.4 Å². The van der Waals surface area contributed by atoms with Crippen molar-refractivity contribution < 1.29 is 19.2 Å². The predicted octanol–water partition coefficient (Wildman–Crippen LogP) is 4.44. The number of nitrogens with zero attached hydrogens (tertiary/aromatic N) is 4. The molecule has 0 fully saturated rings. The van der Waals surface area contributed by atoms with Crippen LogP contribution >= 0.6 is 11.3 Å². The molecule has 0 radical (unpaired) electrons. The normalized spacial score (nSPS) is 11.1. The summed E-state index contributed by atoms with van der Waals surface area (Å²) in [6.07, 6.45) is 0.674. The number of hydrogen-bond donors (Lipinski definition) is 0. The van der Waals surface area contributed by atoms with Gasteiger partial charge in [0, 0.05) is 12.6 Å². The molecule has 9 nitrogen and oxygen atoms in total. The second-order valence-corrected chi connectivity index (χ2v) is 8.95. The van der Waals surface area contributed by atoms with Crippen molar-refractivity contribution >= 4 is 38.3 Å². The number of amides is 1. The van der Waals surface area contributed by atoms with Crippen LogP contribution in [0.1, 0.15) is 27.9 Å². The summed E-state index contributed by atoms with van der Waals surface area (Å²) in [6.45, 7) is 5.09. The summed E-state index contributed by atoms with van der Waals surface area (Å²) in [4.78, 5) is 33.3. The van der Waals surface area contributed by atoms with Crippen LogP contribution in [0.5, 0.6) is 11.5 Å². The first-order valence-electron chi connectivity index (χ1n) is 10.4. The molecule has 3 aromatic rings. The highest BCUT2D eigenvalue weighted by molar-refractivity contribution is 7.22. The van der Waals surface area contributed by atoms with Gasteiger partial charge in [0.05, 0.1) is 35.4 Å². The Balaban J connectivity index is 2.14. The van der Waals surface area contributed by atoms with Crippen molar-refractivity contribution in [1.82, 2.24) is 9.88 Å². The molecular formula is C23H28N4O5S. The highest BCUT2D eigenvalue weighted by Gasteiger charge is 2.30. The molecule has 3 rings (SSSR count). The number of methoxy groups -OCH3 is 2. The fourth-order valence-electron chi connectivity index (χ4n) is 3.53. The molecule has 0 aliphatic heterocycles. The third-order valence-electron chi connectivity index (χ3n) is 5.32. The lowest BCUT2D eigenvalue weighted by Crippen LogP contribution is -2.34. The lowest BCUT2D eigenvalue weighted by molar-refractivity contribution is -0.385. The second kappa shape index (κ2) is 10.1. The number of carbonyl (C=O) groups is 1. The second-order valence-electron chi connectivity index (χ2n) is 7.97. The predicted molar refractivity (Wildman–Crippen MR) is 130 cm³/mol. The van der Waals surface area contributed by atoms with Crippen molar-refractivity contribution in [2.24, 2.45) is 0 Å². The lowest BCUT2D eigenvalue weighted by atomic mass is 10.1. The zero-order valence-electron chi connectivity index (χ0n) is 19.7. The standard InChI is InChI=1S/C23H28N4O5S/c1-14-8-9-15(2)21-20(14)24-23(33-21)26(11-7-10-25(3)4)22(28)16-12-18(31-5)19(32-6)13-17(16)27(29)30/h8-9,12-13H,7,10-11H2,1-6H3. The quantitative estimate of drug-likeness (QED) is 0.335. The first-order chi connectivity index (χ1) is 15.7. The minimum Gasteiger partial charge on any atom is -0.493 e. The molecule has 2 aromatic carbocycles. The zero-order chi connectivity index (χ0) is 24.3. The molecule has 0 N–H and O–H groups in total. The zero-order valence-corrected chi connectivity index (χ0v) is 20.5. The molecular weight excluding hydrogens is 444 g/mol. The lowest BCUT2D eigenvalue weighted by Gasteiger charge is -2.21. The maximum absolute atomic E-state index is 13.7. The van der Waals surface area contributed by atoms with Gasteiger partial charge in [0.25, 0.3) is 11.6 Å². The Morgan fingerprint density at radius 3 is 2.30 bits per heavy atom. The van der Waals surface area contributed by atoms with Gasteiger partial charge in [0.1, 0.15) is 5.56 Å². The highest BCUT2D eigenvalue weighted by atomic mass is 32.1. The molecule has 176 valence electrons. The molecule has 0 aliphatic carbocycles. The van der Waals surface area contributed by atoms with Crippen molar-refractivity contribution in [3.05, 3.63) is 51.1 Å². The molecule has 10 heteroatoms. The molecule has 0 saturated carbocycles. The van der Waals surface area contributed by atoms with Gasteiger partial charge >= 0.3 is 0 Å². The third kappa shape index (κ3) is 5.07. The Morgan fingerprint density at radius 1 is 1.09 bits per heavy atom. The van der Waals surface area contributed by atoms with Crippen LogP contribution in [0.2, 0.25) is 0 Å². The summed E-state index contributed by atoms with van der Waals surface area (Å²) >= 11 is 1.41. The topological polar surface area (TPSA) is 98.0 Å². The minimum atomic E-state index is -0.583. The van der Waals surface area contributed by atoms with E-state index in [1.165, 1.54) is 42.6 Å². The number of nitro benzene ring substituents is 1. The van der Waals surface area contributed by atoms with E-state index in [1.54, 1.807) is 0 Å². The Morgan fingerprint density at radius 2 is 1.73 bits per heavy atom. The van der Waals surface area contributed by atoms with Crippen molar-refractivity contribution in [2.75, 3.05) is 46.3 Å². The molecule has 0 atom stereocenters. The van der Waals surface area contributed by atoms with Gasteiger partial charge in [-0.2, -0.15) is 0 Å². The number of anilines is 1. The number of rotatable bonds is 9. The Kier molecular flexibility index (Phi) is 7.50. The maximum atomic E-state index is 13.7. The van der Waals surface area contributed by atoms with E-state index in [0.717, 1.165) is 27.9 Å². The number of nitro groups is 1. The van der Waals surface area contributed by atoms with Gasteiger partial charge < -0.3 is 14.4 Å². The van der Waals surface area contributed by atoms with Crippen LogP contribution in [0, 0.1) is 24.0 Å². The first kappa shape index (κ1) is 24.4. The summed E-state index contributed by atoms with van der Waals surface area (Å²) in [5.41, 5.74) is 2.49. The molecule has 0 spiro atoms. The van der Waals surface area contributed by atoms with E-state index in [2.05, 4.69) is 0 Å². The summed E-state index contributed by atoms with van der Waals surface area (Å²) < 4.78 is 11.5. The van der Waals surface area contributed by atoms with Crippen molar-refractivity contribution in [3.8, 4) is 11.5 Å². The van der Waals surface area contributed by atoms with Crippen LogP contribution in [0.3, 0.4) is 0 Å². The van der Waals surface area contributed by atoms with Crippen LogP contribution in [0.15, 0.2) is 24.3 Å². The van der Waals surface area contributed by atoms with E-state index in [0.29, 0.717) is 18.1 Å². The molecule has 0 saturated heterocycles.